The van der Waals surface area contributed by atoms with Crippen molar-refractivity contribution in [2.24, 2.45) is 0 Å². The first-order valence-corrected chi connectivity index (χ1v) is 10.4. The molecule has 2 heterocycles. The van der Waals surface area contributed by atoms with Gasteiger partial charge in [0.2, 0.25) is 11.8 Å². The van der Waals surface area contributed by atoms with Crippen LogP contribution in [-0.2, 0) is 9.59 Å². The molecule has 1 aliphatic heterocycles. The first-order chi connectivity index (χ1) is 15.5. The Bertz CT molecular complexity index is 1160. The lowest BCUT2D eigenvalue weighted by Gasteiger charge is -2.15. The third kappa shape index (κ3) is 4.97. The van der Waals surface area contributed by atoms with Gasteiger partial charge in [-0.25, -0.2) is 9.97 Å². The van der Waals surface area contributed by atoms with Crippen LogP contribution in [0.3, 0.4) is 0 Å². The summed E-state index contributed by atoms with van der Waals surface area (Å²) < 4.78 is 0. The SMILES string of the molecule is Cc1nccc(-c2cccc(NC(=O)CNC(=O)c3ccc(N4CCCC4=O)cc3)c2)n1. The van der Waals surface area contributed by atoms with Crippen molar-refractivity contribution in [3.05, 3.63) is 72.2 Å². The van der Waals surface area contributed by atoms with E-state index in [9.17, 15) is 14.4 Å². The predicted octanol–water partition coefficient (Wildman–Crippen LogP) is 2.95. The van der Waals surface area contributed by atoms with E-state index in [4.69, 9.17) is 0 Å². The second kappa shape index (κ2) is 9.38. The molecule has 8 heteroatoms. The Labute approximate surface area is 185 Å². The minimum atomic E-state index is -0.357. The molecule has 1 saturated heterocycles. The molecule has 8 nitrogen and oxygen atoms in total. The Morgan fingerprint density at radius 1 is 1.09 bits per heavy atom. The maximum Gasteiger partial charge on any atom is 0.251 e. The van der Waals surface area contributed by atoms with Gasteiger partial charge in [-0.15, -0.1) is 0 Å². The summed E-state index contributed by atoms with van der Waals surface area (Å²) in [5.41, 5.74) is 3.43. The number of hydrogen-bond acceptors (Lipinski definition) is 5. The van der Waals surface area contributed by atoms with E-state index in [1.54, 1.807) is 47.5 Å². The highest BCUT2D eigenvalue weighted by Crippen LogP contribution is 2.22. The number of hydrogen-bond donors (Lipinski definition) is 2. The van der Waals surface area contributed by atoms with Crippen molar-refractivity contribution in [1.29, 1.82) is 0 Å². The van der Waals surface area contributed by atoms with E-state index in [1.807, 2.05) is 25.1 Å². The average Bonchev–Trinajstić information content (AvgIpc) is 3.23. The first kappa shape index (κ1) is 21.2. The van der Waals surface area contributed by atoms with Gasteiger partial charge < -0.3 is 15.5 Å². The molecule has 0 radical (unpaired) electrons. The normalized spacial score (nSPS) is 13.2. The van der Waals surface area contributed by atoms with Gasteiger partial charge in [-0.1, -0.05) is 12.1 Å². The third-order valence-electron chi connectivity index (χ3n) is 5.14. The molecule has 3 aromatic rings. The number of nitrogens with one attached hydrogen (secondary N) is 2. The number of rotatable bonds is 6. The zero-order valence-corrected chi connectivity index (χ0v) is 17.7. The Hall–Kier alpha value is -4.07. The van der Waals surface area contributed by atoms with Crippen LogP contribution in [0.4, 0.5) is 11.4 Å². The number of nitrogens with zero attached hydrogens (tertiary/aromatic N) is 3. The Morgan fingerprint density at radius 2 is 1.91 bits per heavy atom. The van der Waals surface area contributed by atoms with Crippen LogP contribution in [-0.4, -0.2) is 40.8 Å². The molecule has 1 fully saturated rings. The minimum Gasteiger partial charge on any atom is -0.343 e. The zero-order chi connectivity index (χ0) is 22.5. The van der Waals surface area contributed by atoms with E-state index in [0.29, 0.717) is 30.0 Å². The fourth-order valence-corrected chi connectivity index (χ4v) is 3.55. The molecule has 0 unspecified atom stereocenters. The standard InChI is InChI=1S/C24H23N5O3/c1-16-25-12-11-21(27-16)18-4-2-5-19(14-18)28-22(30)15-26-24(32)17-7-9-20(10-8-17)29-13-3-6-23(29)31/h2,4-5,7-12,14H,3,6,13,15H2,1H3,(H,26,32)(H,28,30). The summed E-state index contributed by atoms with van der Waals surface area (Å²) in [5, 5.41) is 5.40. The van der Waals surface area contributed by atoms with E-state index < -0.39 is 0 Å². The van der Waals surface area contributed by atoms with E-state index in [0.717, 1.165) is 23.4 Å². The monoisotopic (exact) mass is 429 g/mol. The van der Waals surface area contributed by atoms with Crippen LogP contribution in [0.1, 0.15) is 29.0 Å². The second-order valence-electron chi connectivity index (χ2n) is 7.50. The molecule has 2 N–H and O–H groups in total. The van der Waals surface area contributed by atoms with Crippen LogP contribution in [0, 0.1) is 6.92 Å². The highest BCUT2D eigenvalue weighted by molar-refractivity contribution is 6.00. The molecule has 1 aliphatic rings. The van der Waals surface area contributed by atoms with Gasteiger partial charge in [0.25, 0.3) is 5.91 Å². The van der Waals surface area contributed by atoms with Gasteiger partial charge in [-0.05, 0) is 55.8 Å². The Morgan fingerprint density at radius 3 is 2.62 bits per heavy atom. The lowest BCUT2D eigenvalue weighted by atomic mass is 10.1. The molecule has 0 spiro atoms. The van der Waals surface area contributed by atoms with Gasteiger partial charge in [0.15, 0.2) is 0 Å². The molecule has 4 rings (SSSR count). The maximum absolute atomic E-state index is 12.4. The topological polar surface area (TPSA) is 104 Å². The molecule has 2 aromatic carbocycles. The average molecular weight is 429 g/mol. The summed E-state index contributed by atoms with van der Waals surface area (Å²) in [7, 11) is 0. The number of benzene rings is 2. The van der Waals surface area contributed by atoms with Crippen LogP contribution in [0.25, 0.3) is 11.3 Å². The van der Waals surface area contributed by atoms with Crippen LogP contribution >= 0.6 is 0 Å². The van der Waals surface area contributed by atoms with Gasteiger partial charge in [0.1, 0.15) is 5.82 Å². The summed E-state index contributed by atoms with van der Waals surface area (Å²) in [6, 6.07) is 15.9. The number of anilines is 2. The largest absolute Gasteiger partial charge is 0.343 e. The van der Waals surface area contributed by atoms with Gasteiger partial charge in [-0.3, -0.25) is 14.4 Å². The summed E-state index contributed by atoms with van der Waals surface area (Å²) in [4.78, 5) is 46.7. The fraction of sp³-hybridized carbons (Fsp3) is 0.208. The highest BCUT2D eigenvalue weighted by atomic mass is 16.2. The van der Waals surface area contributed by atoms with E-state index in [1.165, 1.54) is 0 Å². The molecular formula is C24H23N5O3. The number of aromatic nitrogens is 2. The van der Waals surface area contributed by atoms with E-state index in [2.05, 4.69) is 20.6 Å². The quantitative estimate of drug-likeness (QED) is 0.627. The lowest BCUT2D eigenvalue weighted by molar-refractivity contribution is -0.117. The Kier molecular flexibility index (Phi) is 6.21. The summed E-state index contributed by atoms with van der Waals surface area (Å²) in [6.07, 6.45) is 3.09. The zero-order valence-electron chi connectivity index (χ0n) is 17.7. The highest BCUT2D eigenvalue weighted by Gasteiger charge is 2.21. The van der Waals surface area contributed by atoms with Gasteiger partial charge in [-0.2, -0.15) is 0 Å². The number of carbonyl (C=O) groups excluding carboxylic acids is 3. The van der Waals surface area contributed by atoms with Crippen molar-refractivity contribution in [2.75, 3.05) is 23.3 Å². The van der Waals surface area contributed by atoms with Crippen LogP contribution in [0.15, 0.2) is 60.8 Å². The molecule has 32 heavy (non-hydrogen) atoms. The molecule has 1 aromatic heterocycles. The number of carbonyl (C=O) groups is 3. The summed E-state index contributed by atoms with van der Waals surface area (Å²) >= 11 is 0. The number of aryl methyl sites for hydroxylation is 1. The first-order valence-electron chi connectivity index (χ1n) is 10.4. The van der Waals surface area contributed by atoms with Gasteiger partial charge in [0, 0.05) is 41.7 Å². The number of amides is 3. The van der Waals surface area contributed by atoms with E-state index >= 15 is 0 Å². The van der Waals surface area contributed by atoms with Crippen molar-refractivity contribution in [1.82, 2.24) is 15.3 Å². The lowest BCUT2D eigenvalue weighted by Crippen LogP contribution is -2.32. The third-order valence-corrected chi connectivity index (χ3v) is 5.14. The van der Waals surface area contributed by atoms with Crippen molar-refractivity contribution in [3.8, 4) is 11.3 Å². The Balaban J connectivity index is 1.32. The maximum atomic E-state index is 12.4. The van der Waals surface area contributed by atoms with Gasteiger partial charge in [0.05, 0.1) is 12.2 Å². The molecule has 0 atom stereocenters. The molecule has 0 aliphatic carbocycles. The van der Waals surface area contributed by atoms with E-state index in [-0.39, 0.29) is 24.3 Å². The van der Waals surface area contributed by atoms with Crippen molar-refractivity contribution in [2.45, 2.75) is 19.8 Å². The van der Waals surface area contributed by atoms with Crippen molar-refractivity contribution < 1.29 is 14.4 Å². The molecule has 0 saturated carbocycles. The molecular weight excluding hydrogens is 406 g/mol. The van der Waals surface area contributed by atoms with Crippen molar-refractivity contribution in [3.63, 3.8) is 0 Å². The molecule has 0 bridgehead atoms. The van der Waals surface area contributed by atoms with Gasteiger partial charge >= 0.3 is 0 Å². The summed E-state index contributed by atoms with van der Waals surface area (Å²) in [6.45, 7) is 2.35. The van der Waals surface area contributed by atoms with Crippen molar-refractivity contribution >= 4 is 29.1 Å². The minimum absolute atomic E-state index is 0.0952. The molecule has 3 amide bonds. The van der Waals surface area contributed by atoms with Crippen LogP contribution < -0.4 is 15.5 Å². The van der Waals surface area contributed by atoms with Crippen LogP contribution in [0.5, 0.6) is 0 Å². The van der Waals surface area contributed by atoms with Crippen LogP contribution in [0.2, 0.25) is 0 Å². The smallest absolute Gasteiger partial charge is 0.251 e. The second-order valence-corrected chi connectivity index (χ2v) is 7.50. The molecule has 162 valence electrons. The predicted molar refractivity (Wildman–Crippen MR) is 121 cm³/mol. The fourth-order valence-electron chi connectivity index (χ4n) is 3.55. The summed E-state index contributed by atoms with van der Waals surface area (Å²) in [5.74, 6) is 0.0656.